The minimum atomic E-state index is 0.418. The lowest BCUT2D eigenvalue weighted by Crippen LogP contribution is -2.20. The molecular formula is C14H22BrN. The van der Waals surface area contributed by atoms with Gasteiger partial charge in [0, 0.05) is 11.0 Å². The minimum absolute atomic E-state index is 0.418. The molecule has 0 aliphatic heterocycles. The zero-order valence-electron chi connectivity index (χ0n) is 10.7. The number of benzene rings is 1. The normalized spacial score (nSPS) is 11.8. The fraction of sp³-hybridized carbons (Fsp3) is 0.571. The van der Waals surface area contributed by atoms with Crippen molar-refractivity contribution in [3.8, 4) is 0 Å². The summed E-state index contributed by atoms with van der Waals surface area (Å²) in [6.45, 7) is 11.0. The second-order valence-electron chi connectivity index (χ2n) is 5.57. The summed E-state index contributed by atoms with van der Waals surface area (Å²) in [6.07, 6.45) is 1.21. The Morgan fingerprint density at radius 1 is 1.25 bits per heavy atom. The summed E-state index contributed by atoms with van der Waals surface area (Å²) in [5, 5.41) is 3.48. The molecule has 1 nitrogen and oxygen atoms in total. The van der Waals surface area contributed by atoms with E-state index in [-0.39, 0.29) is 0 Å². The lowest BCUT2D eigenvalue weighted by molar-refractivity contribution is 0.366. The molecule has 0 aliphatic carbocycles. The molecule has 16 heavy (non-hydrogen) atoms. The average molecular weight is 284 g/mol. The third-order valence-electron chi connectivity index (χ3n) is 2.62. The van der Waals surface area contributed by atoms with E-state index in [1.54, 1.807) is 0 Å². The van der Waals surface area contributed by atoms with E-state index in [9.17, 15) is 0 Å². The van der Waals surface area contributed by atoms with Crippen LogP contribution in [0.25, 0.3) is 0 Å². The highest BCUT2D eigenvalue weighted by Gasteiger charge is 2.08. The van der Waals surface area contributed by atoms with Crippen LogP contribution in [0.1, 0.15) is 38.3 Å². The van der Waals surface area contributed by atoms with Crippen molar-refractivity contribution in [1.29, 1.82) is 0 Å². The largest absolute Gasteiger partial charge is 0.313 e. The van der Waals surface area contributed by atoms with Gasteiger partial charge in [-0.15, -0.1) is 0 Å². The van der Waals surface area contributed by atoms with Gasteiger partial charge < -0.3 is 5.32 Å². The van der Waals surface area contributed by atoms with E-state index >= 15 is 0 Å². The molecule has 0 aromatic heterocycles. The average Bonchev–Trinajstić information content (AvgIpc) is 2.17. The third kappa shape index (κ3) is 5.13. The van der Waals surface area contributed by atoms with Crippen LogP contribution < -0.4 is 5.32 Å². The maximum atomic E-state index is 3.56. The van der Waals surface area contributed by atoms with Crippen LogP contribution in [0.2, 0.25) is 0 Å². The lowest BCUT2D eigenvalue weighted by Gasteiger charge is -2.18. The summed E-state index contributed by atoms with van der Waals surface area (Å²) in [5.41, 5.74) is 3.05. The maximum absolute atomic E-state index is 3.56. The molecule has 1 N–H and O–H groups in total. The number of rotatable bonds is 4. The SMILES string of the molecule is Cc1ccc(CNCCC(C)(C)C)cc1Br. The van der Waals surface area contributed by atoms with Crippen LogP contribution in [0.5, 0.6) is 0 Å². The molecule has 1 aromatic carbocycles. The number of hydrogen-bond acceptors (Lipinski definition) is 1. The fourth-order valence-electron chi connectivity index (χ4n) is 1.44. The monoisotopic (exact) mass is 283 g/mol. The van der Waals surface area contributed by atoms with Crippen molar-refractivity contribution in [3.63, 3.8) is 0 Å². The Hall–Kier alpha value is -0.340. The van der Waals surface area contributed by atoms with Crippen molar-refractivity contribution in [2.24, 2.45) is 5.41 Å². The summed E-state index contributed by atoms with van der Waals surface area (Å²) in [7, 11) is 0. The Morgan fingerprint density at radius 2 is 1.94 bits per heavy atom. The molecule has 0 spiro atoms. The van der Waals surface area contributed by atoms with Crippen LogP contribution in [0.4, 0.5) is 0 Å². The van der Waals surface area contributed by atoms with Gasteiger partial charge >= 0.3 is 0 Å². The summed E-state index contributed by atoms with van der Waals surface area (Å²) in [4.78, 5) is 0. The molecule has 0 saturated carbocycles. The van der Waals surface area contributed by atoms with Crippen LogP contribution in [0.15, 0.2) is 22.7 Å². The molecule has 2 heteroatoms. The fourth-order valence-corrected chi connectivity index (χ4v) is 1.87. The summed E-state index contributed by atoms with van der Waals surface area (Å²) in [5.74, 6) is 0. The molecule has 0 bridgehead atoms. The molecule has 0 heterocycles. The van der Waals surface area contributed by atoms with Crippen molar-refractivity contribution in [3.05, 3.63) is 33.8 Å². The molecule has 0 fully saturated rings. The first-order valence-electron chi connectivity index (χ1n) is 5.84. The van der Waals surface area contributed by atoms with Gasteiger partial charge in [-0.3, -0.25) is 0 Å². The molecule has 0 aliphatic rings. The number of halogens is 1. The zero-order valence-corrected chi connectivity index (χ0v) is 12.3. The smallest absolute Gasteiger partial charge is 0.0207 e. The molecule has 0 amide bonds. The van der Waals surface area contributed by atoms with Crippen molar-refractivity contribution >= 4 is 15.9 Å². The van der Waals surface area contributed by atoms with Crippen LogP contribution in [-0.4, -0.2) is 6.54 Å². The quantitative estimate of drug-likeness (QED) is 0.814. The molecule has 0 saturated heterocycles. The summed E-state index contributed by atoms with van der Waals surface area (Å²) >= 11 is 3.56. The summed E-state index contributed by atoms with van der Waals surface area (Å²) < 4.78 is 1.20. The van der Waals surface area contributed by atoms with Crippen molar-refractivity contribution in [2.45, 2.75) is 40.7 Å². The highest BCUT2D eigenvalue weighted by Crippen LogP contribution is 2.18. The lowest BCUT2D eigenvalue weighted by atomic mass is 9.92. The van der Waals surface area contributed by atoms with Crippen LogP contribution in [0, 0.1) is 12.3 Å². The van der Waals surface area contributed by atoms with Crippen LogP contribution >= 0.6 is 15.9 Å². The van der Waals surface area contributed by atoms with Crippen molar-refractivity contribution in [2.75, 3.05) is 6.54 Å². The maximum Gasteiger partial charge on any atom is 0.0207 e. The van der Waals surface area contributed by atoms with Crippen molar-refractivity contribution in [1.82, 2.24) is 5.32 Å². The van der Waals surface area contributed by atoms with Crippen LogP contribution in [0.3, 0.4) is 0 Å². The van der Waals surface area contributed by atoms with Gasteiger partial charge in [-0.1, -0.05) is 48.8 Å². The number of aryl methyl sites for hydroxylation is 1. The molecule has 1 aromatic rings. The molecule has 0 atom stereocenters. The standard InChI is InChI=1S/C14H22BrN/c1-11-5-6-12(9-13(11)15)10-16-8-7-14(2,3)4/h5-6,9,16H,7-8,10H2,1-4H3. The van der Waals surface area contributed by atoms with Gasteiger partial charge in [-0.05, 0) is 42.5 Å². The molecular weight excluding hydrogens is 262 g/mol. The van der Waals surface area contributed by atoms with E-state index in [1.807, 2.05) is 0 Å². The van der Waals surface area contributed by atoms with E-state index in [0.29, 0.717) is 5.41 Å². The topological polar surface area (TPSA) is 12.0 Å². The highest BCUT2D eigenvalue weighted by molar-refractivity contribution is 9.10. The van der Waals surface area contributed by atoms with E-state index in [1.165, 1.54) is 22.0 Å². The molecule has 0 unspecified atom stereocenters. The number of nitrogens with one attached hydrogen (secondary N) is 1. The van der Waals surface area contributed by atoms with E-state index < -0.39 is 0 Å². The second-order valence-corrected chi connectivity index (χ2v) is 6.43. The predicted octanol–water partition coefficient (Wildman–Crippen LogP) is 4.28. The van der Waals surface area contributed by atoms with Gasteiger partial charge in [0.15, 0.2) is 0 Å². The van der Waals surface area contributed by atoms with Gasteiger partial charge in [0.1, 0.15) is 0 Å². The Labute approximate surface area is 108 Å². The van der Waals surface area contributed by atoms with Gasteiger partial charge in [0.25, 0.3) is 0 Å². The Bertz CT molecular complexity index is 339. The van der Waals surface area contributed by atoms with E-state index in [0.717, 1.165) is 13.1 Å². The number of hydrogen-bond donors (Lipinski definition) is 1. The van der Waals surface area contributed by atoms with E-state index in [2.05, 4.69) is 67.1 Å². The molecule has 90 valence electrons. The third-order valence-corrected chi connectivity index (χ3v) is 3.47. The Kier molecular flexibility index (Phi) is 5.00. The molecule has 1 rings (SSSR count). The first kappa shape index (κ1) is 13.7. The predicted molar refractivity (Wildman–Crippen MR) is 74.7 cm³/mol. The Morgan fingerprint density at radius 3 is 2.50 bits per heavy atom. The summed E-state index contributed by atoms with van der Waals surface area (Å²) in [6, 6.07) is 6.54. The minimum Gasteiger partial charge on any atom is -0.313 e. The first-order valence-corrected chi connectivity index (χ1v) is 6.63. The van der Waals surface area contributed by atoms with Gasteiger partial charge in [-0.2, -0.15) is 0 Å². The second kappa shape index (κ2) is 5.83. The van der Waals surface area contributed by atoms with Gasteiger partial charge in [-0.25, -0.2) is 0 Å². The van der Waals surface area contributed by atoms with E-state index in [4.69, 9.17) is 0 Å². The zero-order chi connectivity index (χ0) is 12.2. The highest BCUT2D eigenvalue weighted by atomic mass is 79.9. The first-order chi connectivity index (χ1) is 7.38. The Balaban J connectivity index is 2.35. The van der Waals surface area contributed by atoms with Crippen LogP contribution in [-0.2, 0) is 6.54 Å². The van der Waals surface area contributed by atoms with Gasteiger partial charge in [0.2, 0.25) is 0 Å². The molecule has 0 radical (unpaired) electrons. The van der Waals surface area contributed by atoms with Crippen molar-refractivity contribution < 1.29 is 0 Å². The van der Waals surface area contributed by atoms with Gasteiger partial charge in [0.05, 0.1) is 0 Å².